The number of carbonyl (C=O) groups excluding carboxylic acids is 1. The van der Waals surface area contributed by atoms with Crippen LogP contribution in [-0.4, -0.2) is 37.2 Å². The van der Waals surface area contributed by atoms with Crippen molar-refractivity contribution in [2.45, 2.75) is 38.6 Å². The highest BCUT2D eigenvalue weighted by Crippen LogP contribution is 2.41. The van der Waals surface area contributed by atoms with Gasteiger partial charge in [0, 0.05) is 23.9 Å². The fourth-order valence-electron chi connectivity index (χ4n) is 3.79. The van der Waals surface area contributed by atoms with Crippen molar-refractivity contribution in [1.82, 2.24) is 0 Å². The molecule has 0 aliphatic carbocycles. The van der Waals surface area contributed by atoms with Crippen LogP contribution < -0.4 is 14.2 Å². The van der Waals surface area contributed by atoms with Gasteiger partial charge < -0.3 is 14.2 Å². The Bertz CT molecular complexity index is 1030. The first-order chi connectivity index (χ1) is 15.0. The van der Waals surface area contributed by atoms with Gasteiger partial charge in [-0.05, 0) is 50.1 Å². The molecule has 162 valence electrons. The number of benzene rings is 2. The molecule has 5 nitrogen and oxygen atoms in total. The van der Waals surface area contributed by atoms with E-state index in [4.69, 9.17) is 19.2 Å². The molecule has 0 amide bonds. The van der Waals surface area contributed by atoms with Gasteiger partial charge in [0.25, 0.3) is 0 Å². The van der Waals surface area contributed by atoms with Crippen LogP contribution in [0.5, 0.6) is 17.2 Å². The lowest BCUT2D eigenvalue weighted by atomic mass is 9.93. The highest BCUT2D eigenvalue weighted by atomic mass is 32.2. The van der Waals surface area contributed by atoms with Crippen molar-refractivity contribution in [2.75, 3.05) is 20.3 Å². The largest absolute Gasteiger partial charge is 0.496 e. The standard InChI is InChI=1S/C25H27NO4S/c1-16(2)26-25-19(18-6-4-5-7-21(18)28-3)9-10-20(27)24(31-25)15-17-8-11-22-23(14-17)30-13-12-29-22/h4-8,11,14-16,19H,9-10,12-13H2,1-3H3/b24-15-,26-25?. The first kappa shape index (κ1) is 21.5. The Morgan fingerprint density at radius 1 is 1.13 bits per heavy atom. The normalized spacial score (nSPS) is 21.4. The van der Waals surface area contributed by atoms with Crippen LogP contribution >= 0.6 is 11.8 Å². The Labute approximate surface area is 187 Å². The van der Waals surface area contributed by atoms with E-state index in [2.05, 4.69) is 19.9 Å². The van der Waals surface area contributed by atoms with E-state index in [1.807, 2.05) is 42.5 Å². The number of hydrogen-bond donors (Lipinski definition) is 0. The molecule has 2 aromatic rings. The SMILES string of the molecule is COc1ccccc1C1CCC(=O)/C(=C/c2ccc3c(c2)OCCO3)SC1=NC(C)C. The summed E-state index contributed by atoms with van der Waals surface area (Å²) in [7, 11) is 1.68. The number of allylic oxidation sites excluding steroid dienone is 1. The van der Waals surface area contributed by atoms with Crippen LogP contribution in [0.1, 0.15) is 43.7 Å². The summed E-state index contributed by atoms with van der Waals surface area (Å²) in [6.07, 6.45) is 3.10. The Morgan fingerprint density at radius 3 is 2.68 bits per heavy atom. The van der Waals surface area contributed by atoms with Gasteiger partial charge in [0.2, 0.25) is 0 Å². The molecule has 0 spiro atoms. The van der Waals surface area contributed by atoms with Gasteiger partial charge in [0.05, 0.1) is 17.1 Å². The van der Waals surface area contributed by atoms with E-state index in [1.165, 1.54) is 11.8 Å². The minimum Gasteiger partial charge on any atom is -0.496 e. The average Bonchev–Trinajstić information content (AvgIpc) is 2.92. The number of carbonyl (C=O) groups is 1. The van der Waals surface area contributed by atoms with Gasteiger partial charge >= 0.3 is 0 Å². The lowest BCUT2D eigenvalue weighted by Gasteiger charge is -2.20. The van der Waals surface area contributed by atoms with Crippen molar-refractivity contribution in [3.8, 4) is 17.2 Å². The Kier molecular flexibility index (Phi) is 6.66. The fourth-order valence-corrected chi connectivity index (χ4v) is 5.07. The van der Waals surface area contributed by atoms with Crippen LogP contribution in [-0.2, 0) is 4.79 Å². The lowest BCUT2D eigenvalue weighted by Crippen LogP contribution is -2.15. The molecule has 2 aromatic carbocycles. The van der Waals surface area contributed by atoms with Crippen molar-refractivity contribution >= 4 is 28.7 Å². The van der Waals surface area contributed by atoms with Crippen molar-refractivity contribution in [3.63, 3.8) is 0 Å². The predicted octanol–water partition coefficient (Wildman–Crippen LogP) is 5.49. The number of aliphatic imine (C=N–C) groups is 1. The van der Waals surface area contributed by atoms with Gasteiger partial charge in [-0.15, -0.1) is 0 Å². The molecule has 0 aromatic heterocycles. The molecule has 4 rings (SSSR count). The molecule has 0 N–H and O–H groups in total. The molecule has 0 radical (unpaired) electrons. The molecular weight excluding hydrogens is 410 g/mol. The topological polar surface area (TPSA) is 57.1 Å². The number of methoxy groups -OCH3 is 1. The molecule has 1 atom stereocenters. The third-order valence-corrected chi connectivity index (χ3v) is 6.38. The maximum Gasteiger partial charge on any atom is 0.169 e. The first-order valence-electron chi connectivity index (χ1n) is 10.6. The zero-order valence-electron chi connectivity index (χ0n) is 18.1. The van der Waals surface area contributed by atoms with Gasteiger partial charge in [-0.1, -0.05) is 36.0 Å². The molecular formula is C25H27NO4S. The summed E-state index contributed by atoms with van der Waals surface area (Å²) in [5.74, 6) is 2.45. The minimum atomic E-state index is 0.0265. The highest BCUT2D eigenvalue weighted by Gasteiger charge is 2.30. The van der Waals surface area contributed by atoms with E-state index in [1.54, 1.807) is 7.11 Å². The number of nitrogens with zero attached hydrogens (tertiary/aromatic N) is 1. The number of hydrogen-bond acceptors (Lipinski definition) is 6. The summed E-state index contributed by atoms with van der Waals surface area (Å²) in [5.41, 5.74) is 1.99. The van der Waals surface area contributed by atoms with Crippen molar-refractivity contribution in [1.29, 1.82) is 0 Å². The van der Waals surface area contributed by atoms with Gasteiger partial charge in [0.15, 0.2) is 17.3 Å². The second-order valence-corrected chi connectivity index (χ2v) is 8.89. The summed E-state index contributed by atoms with van der Waals surface area (Å²) in [5, 5.41) is 0.953. The molecule has 2 aliphatic rings. The summed E-state index contributed by atoms with van der Waals surface area (Å²) in [6, 6.07) is 13.9. The van der Waals surface area contributed by atoms with Gasteiger partial charge in [-0.2, -0.15) is 0 Å². The number of rotatable bonds is 4. The van der Waals surface area contributed by atoms with Crippen molar-refractivity contribution < 1.29 is 19.0 Å². The van der Waals surface area contributed by atoms with E-state index < -0.39 is 0 Å². The Balaban J connectivity index is 1.70. The minimum absolute atomic E-state index is 0.0265. The highest BCUT2D eigenvalue weighted by molar-refractivity contribution is 8.18. The van der Waals surface area contributed by atoms with Gasteiger partial charge in [0.1, 0.15) is 19.0 Å². The van der Waals surface area contributed by atoms with Crippen molar-refractivity contribution in [3.05, 3.63) is 58.5 Å². The van der Waals surface area contributed by atoms with E-state index in [-0.39, 0.29) is 17.7 Å². The Morgan fingerprint density at radius 2 is 1.90 bits per heavy atom. The number of para-hydroxylation sites is 1. The van der Waals surface area contributed by atoms with Crippen LogP contribution in [0.15, 0.2) is 52.4 Å². The van der Waals surface area contributed by atoms with Gasteiger partial charge in [-0.25, -0.2) is 0 Å². The molecule has 1 unspecified atom stereocenters. The van der Waals surface area contributed by atoms with Crippen LogP contribution in [0.4, 0.5) is 0 Å². The smallest absolute Gasteiger partial charge is 0.169 e. The van der Waals surface area contributed by atoms with Crippen LogP contribution in [0.3, 0.4) is 0 Å². The fraction of sp³-hybridized carbons (Fsp3) is 0.360. The maximum absolute atomic E-state index is 13.0. The van der Waals surface area contributed by atoms with Gasteiger partial charge in [-0.3, -0.25) is 9.79 Å². The van der Waals surface area contributed by atoms with Crippen LogP contribution in [0, 0.1) is 0 Å². The monoisotopic (exact) mass is 437 g/mol. The Hall–Kier alpha value is -2.73. The third kappa shape index (κ3) is 4.96. The molecule has 31 heavy (non-hydrogen) atoms. The number of Topliss-reactive ketones (excluding diaryl/α,β-unsaturated/α-hetero) is 1. The van der Waals surface area contributed by atoms with Crippen LogP contribution in [0.25, 0.3) is 6.08 Å². The third-order valence-electron chi connectivity index (χ3n) is 5.21. The summed E-state index contributed by atoms with van der Waals surface area (Å²) in [6.45, 7) is 5.21. The molecule has 0 saturated carbocycles. The average molecular weight is 438 g/mol. The van der Waals surface area contributed by atoms with Crippen molar-refractivity contribution in [2.24, 2.45) is 4.99 Å². The molecule has 1 saturated heterocycles. The van der Waals surface area contributed by atoms with E-state index >= 15 is 0 Å². The maximum atomic E-state index is 13.0. The second kappa shape index (κ2) is 9.60. The van der Waals surface area contributed by atoms with E-state index in [9.17, 15) is 4.79 Å². The second-order valence-electron chi connectivity index (χ2n) is 7.83. The summed E-state index contributed by atoms with van der Waals surface area (Å²) in [4.78, 5) is 18.7. The predicted molar refractivity (Wildman–Crippen MR) is 126 cm³/mol. The van der Waals surface area contributed by atoms with E-state index in [0.717, 1.165) is 33.4 Å². The number of ether oxygens (including phenoxy) is 3. The van der Waals surface area contributed by atoms with E-state index in [0.29, 0.717) is 31.0 Å². The zero-order chi connectivity index (χ0) is 21.8. The zero-order valence-corrected chi connectivity index (χ0v) is 18.9. The molecule has 6 heteroatoms. The molecule has 1 fully saturated rings. The van der Waals surface area contributed by atoms with Crippen LogP contribution in [0.2, 0.25) is 0 Å². The quantitative estimate of drug-likeness (QED) is 0.592. The lowest BCUT2D eigenvalue weighted by molar-refractivity contribution is -0.114. The number of thioether (sulfide) groups is 1. The summed E-state index contributed by atoms with van der Waals surface area (Å²) < 4.78 is 16.9. The summed E-state index contributed by atoms with van der Waals surface area (Å²) >= 11 is 1.48. The number of fused-ring (bicyclic) bond motifs is 1. The molecule has 2 heterocycles. The molecule has 0 bridgehead atoms. The first-order valence-corrected chi connectivity index (χ1v) is 11.4. The molecule has 2 aliphatic heterocycles. The number of ketones is 1.